The van der Waals surface area contributed by atoms with Crippen molar-refractivity contribution in [3.8, 4) is 0 Å². The monoisotopic (exact) mass is 314 g/mol. The standard InChI is InChI=1S/C18H22N2OS/c1-2-3-7-15-10-12-17(13-11-15)19-18(22)20-21-14-16-8-5-4-6-9-16/h4-6,8-13H,2-3,7,14H2,1H3,(H2,19,20,22). The van der Waals surface area contributed by atoms with Gasteiger partial charge < -0.3 is 5.32 Å². The Morgan fingerprint density at radius 2 is 1.73 bits per heavy atom. The van der Waals surface area contributed by atoms with Crippen molar-refractivity contribution in [1.82, 2.24) is 5.48 Å². The SMILES string of the molecule is CCCCc1ccc(NC(=S)NOCc2ccccc2)cc1. The molecule has 2 aromatic carbocycles. The number of anilines is 1. The van der Waals surface area contributed by atoms with Crippen molar-refractivity contribution in [2.45, 2.75) is 32.8 Å². The molecule has 0 saturated heterocycles. The van der Waals surface area contributed by atoms with Crippen molar-refractivity contribution in [3.05, 3.63) is 65.7 Å². The molecule has 3 nitrogen and oxygen atoms in total. The first-order chi connectivity index (χ1) is 10.8. The van der Waals surface area contributed by atoms with Crippen LogP contribution in [0.1, 0.15) is 30.9 Å². The molecule has 0 heterocycles. The second-order valence-corrected chi connectivity index (χ2v) is 5.54. The minimum Gasteiger partial charge on any atom is -0.331 e. The number of aryl methyl sites for hydroxylation is 1. The van der Waals surface area contributed by atoms with Crippen LogP contribution in [0.2, 0.25) is 0 Å². The fourth-order valence-electron chi connectivity index (χ4n) is 2.05. The number of rotatable bonds is 7. The summed E-state index contributed by atoms with van der Waals surface area (Å²) in [7, 11) is 0. The Morgan fingerprint density at radius 1 is 1.00 bits per heavy atom. The van der Waals surface area contributed by atoms with Crippen LogP contribution in [0.15, 0.2) is 54.6 Å². The van der Waals surface area contributed by atoms with Crippen LogP contribution in [0.4, 0.5) is 5.69 Å². The van der Waals surface area contributed by atoms with Gasteiger partial charge >= 0.3 is 0 Å². The number of hydrogen-bond acceptors (Lipinski definition) is 2. The van der Waals surface area contributed by atoms with E-state index in [0.29, 0.717) is 11.7 Å². The average molecular weight is 314 g/mol. The molecule has 2 aromatic rings. The van der Waals surface area contributed by atoms with Gasteiger partial charge in [0.05, 0.1) is 6.61 Å². The van der Waals surface area contributed by atoms with Gasteiger partial charge in [0.15, 0.2) is 5.11 Å². The van der Waals surface area contributed by atoms with Gasteiger partial charge in [-0.05, 0) is 48.3 Å². The summed E-state index contributed by atoms with van der Waals surface area (Å²) in [5, 5.41) is 3.56. The lowest BCUT2D eigenvalue weighted by molar-refractivity contribution is 0.0728. The maximum Gasteiger partial charge on any atom is 0.195 e. The molecule has 0 amide bonds. The van der Waals surface area contributed by atoms with Crippen LogP contribution in [-0.4, -0.2) is 5.11 Å². The number of benzene rings is 2. The van der Waals surface area contributed by atoms with Crippen molar-refractivity contribution in [2.75, 3.05) is 5.32 Å². The minimum absolute atomic E-state index is 0.456. The Balaban J connectivity index is 1.72. The molecular formula is C18H22N2OS. The van der Waals surface area contributed by atoms with Gasteiger partial charge in [0, 0.05) is 5.69 Å². The Morgan fingerprint density at radius 3 is 2.41 bits per heavy atom. The normalized spacial score (nSPS) is 10.2. The van der Waals surface area contributed by atoms with Crippen molar-refractivity contribution in [1.29, 1.82) is 0 Å². The van der Waals surface area contributed by atoms with Gasteiger partial charge in [-0.15, -0.1) is 0 Å². The number of hydroxylamine groups is 1. The van der Waals surface area contributed by atoms with Gasteiger partial charge in [-0.1, -0.05) is 55.8 Å². The van der Waals surface area contributed by atoms with Gasteiger partial charge in [-0.25, -0.2) is 5.48 Å². The molecule has 2 N–H and O–H groups in total. The number of nitrogens with one attached hydrogen (secondary N) is 2. The van der Waals surface area contributed by atoms with Crippen molar-refractivity contribution < 1.29 is 4.84 Å². The molecule has 116 valence electrons. The molecule has 2 rings (SSSR count). The molecule has 0 aliphatic carbocycles. The Hall–Kier alpha value is -1.91. The third kappa shape index (κ3) is 5.84. The van der Waals surface area contributed by atoms with E-state index in [-0.39, 0.29) is 0 Å². The lowest BCUT2D eigenvalue weighted by Crippen LogP contribution is -2.28. The largest absolute Gasteiger partial charge is 0.331 e. The summed E-state index contributed by atoms with van der Waals surface area (Å²) in [4.78, 5) is 5.38. The first-order valence-electron chi connectivity index (χ1n) is 7.59. The zero-order chi connectivity index (χ0) is 15.6. The summed E-state index contributed by atoms with van der Waals surface area (Å²) in [5.74, 6) is 0. The van der Waals surface area contributed by atoms with Gasteiger partial charge in [0.25, 0.3) is 0 Å². The van der Waals surface area contributed by atoms with Crippen LogP contribution >= 0.6 is 12.2 Å². The summed E-state index contributed by atoms with van der Waals surface area (Å²) in [6, 6.07) is 18.3. The number of hydrogen-bond donors (Lipinski definition) is 2. The van der Waals surface area contributed by atoms with Crippen LogP contribution < -0.4 is 10.8 Å². The Bertz CT molecular complexity index is 569. The number of thiocarbonyl (C=S) groups is 1. The van der Waals surface area contributed by atoms with Crippen LogP contribution in [-0.2, 0) is 17.9 Å². The van der Waals surface area contributed by atoms with E-state index in [9.17, 15) is 0 Å². The average Bonchev–Trinajstić information content (AvgIpc) is 2.55. The van der Waals surface area contributed by atoms with Gasteiger partial charge in [0.1, 0.15) is 0 Å². The molecule has 0 bridgehead atoms. The maximum absolute atomic E-state index is 5.38. The fourth-order valence-corrected chi connectivity index (χ4v) is 2.23. The van der Waals surface area contributed by atoms with Crippen molar-refractivity contribution in [2.24, 2.45) is 0 Å². The van der Waals surface area contributed by atoms with E-state index in [2.05, 4.69) is 29.9 Å². The molecule has 0 unspecified atom stereocenters. The molecule has 0 saturated carbocycles. The molecule has 0 aliphatic heterocycles. The third-order valence-electron chi connectivity index (χ3n) is 3.28. The molecule has 0 aromatic heterocycles. The molecule has 0 radical (unpaired) electrons. The van der Waals surface area contributed by atoms with Crippen LogP contribution in [0.25, 0.3) is 0 Å². The highest BCUT2D eigenvalue weighted by molar-refractivity contribution is 7.80. The van der Waals surface area contributed by atoms with Crippen LogP contribution in [0.3, 0.4) is 0 Å². The lowest BCUT2D eigenvalue weighted by atomic mass is 10.1. The summed E-state index contributed by atoms with van der Waals surface area (Å²) in [6.07, 6.45) is 3.56. The molecule has 22 heavy (non-hydrogen) atoms. The zero-order valence-electron chi connectivity index (χ0n) is 12.8. The summed E-state index contributed by atoms with van der Waals surface area (Å²) in [6.45, 7) is 2.67. The maximum atomic E-state index is 5.38. The summed E-state index contributed by atoms with van der Waals surface area (Å²) in [5.41, 5.74) is 6.16. The smallest absolute Gasteiger partial charge is 0.195 e. The van der Waals surface area contributed by atoms with E-state index in [0.717, 1.165) is 17.7 Å². The van der Waals surface area contributed by atoms with E-state index < -0.39 is 0 Å². The van der Waals surface area contributed by atoms with E-state index in [1.165, 1.54) is 18.4 Å². The zero-order valence-corrected chi connectivity index (χ0v) is 13.7. The lowest BCUT2D eigenvalue weighted by Gasteiger charge is -2.11. The van der Waals surface area contributed by atoms with E-state index in [4.69, 9.17) is 17.1 Å². The highest BCUT2D eigenvalue weighted by Crippen LogP contribution is 2.11. The molecule has 0 fully saturated rings. The van der Waals surface area contributed by atoms with E-state index >= 15 is 0 Å². The summed E-state index contributed by atoms with van der Waals surface area (Å²) >= 11 is 5.21. The highest BCUT2D eigenvalue weighted by Gasteiger charge is 1.99. The predicted octanol–water partition coefficient (Wildman–Crippen LogP) is 4.45. The first-order valence-corrected chi connectivity index (χ1v) is 8.00. The number of unbranched alkanes of at least 4 members (excludes halogenated alkanes) is 1. The third-order valence-corrected chi connectivity index (χ3v) is 3.46. The van der Waals surface area contributed by atoms with E-state index in [1.807, 2.05) is 42.5 Å². The molecule has 4 heteroatoms. The minimum atomic E-state index is 0.456. The topological polar surface area (TPSA) is 33.3 Å². The Labute approximate surface area is 137 Å². The highest BCUT2D eigenvalue weighted by atomic mass is 32.1. The van der Waals surface area contributed by atoms with Gasteiger partial charge in [0.2, 0.25) is 0 Å². The second-order valence-electron chi connectivity index (χ2n) is 5.13. The molecular weight excluding hydrogens is 292 g/mol. The summed E-state index contributed by atoms with van der Waals surface area (Å²) < 4.78 is 0. The van der Waals surface area contributed by atoms with E-state index in [1.54, 1.807) is 0 Å². The first kappa shape index (κ1) is 16.5. The van der Waals surface area contributed by atoms with Crippen LogP contribution in [0.5, 0.6) is 0 Å². The van der Waals surface area contributed by atoms with Gasteiger partial charge in [-0.2, -0.15) is 0 Å². The van der Waals surface area contributed by atoms with Crippen molar-refractivity contribution >= 4 is 23.0 Å². The Kier molecular flexibility index (Phi) is 6.87. The van der Waals surface area contributed by atoms with Crippen LogP contribution in [0, 0.1) is 0 Å². The quantitative estimate of drug-likeness (QED) is 0.584. The predicted molar refractivity (Wildman–Crippen MR) is 95.6 cm³/mol. The second kappa shape index (κ2) is 9.18. The molecule has 0 spiro atoms. The molecule has 0 atom stereocenters. The molecule has 0 aliphatic rings. The van der Waals surface area contributed by atoms with Gasteiger partial charge in [-0.3, -0.25) is 4.84 Å². The van der Waals surface area contributed by atoms with Crippen molar-refractivity contribution in [3.63, 3.8) is 0 Å². The fraction of sp³-hybridized carbons (Fsp3) is 0.278.